The zero-order valence-electron chi connectivity index (χ0n) is 11.5. The molecular weight excluding hydrogens is 282 g/mol. The average Bonchev–Trinajstić information content (AvgIpc) is 2.47. The lowest BCUT2D eigenvalue weighted by atomic mass is 10.1. The van der Waals surface area contributed by atoms with Gasteiger partial charge < -0.3 is 10.2 Å². The lowest BCUT2D eigenvalue weighted by Crippen LogP contribution is -2.38. The van der Waals surface area contributed by atoms with E-state index < -0.39 is 4.92 Å². The van der Waals surface area contributed by atoms with Gasteiger partial charge in [-0.25, -0.2) is 0 Å². The van der Waals surface area contributed by atoms with E-state index >= 15 is 0 Å². The van der Waals surface area contributed by atoms with Gasteiger partial charge in [-0.3, -0.25) is 14.9 Å². The molecule has 7 heteroatoms. The highest BCUT2D eigenvalue weighted by Crippen LogP contribution is 2.22. The fraction of sp³-hybridized carbons (Fsp3) is 0.462. The highest BCUT2D eigenvalue weighted by Gasteiger charge is 2.20. The van der Waals surface area contributed by atoms with Gasteiger partial charge in [-0.05, 0) is 19.5 Å². The molecule has 1 aromatic carbocycles. The van der Waals surface area contributed by atoms with E-state index in [1.54, 1.807) is 24.1 Å². The number of hydrogen-bond donors (Lipinski definition) is 1. The van der Waals surface area contributed by atoms with Crippen molar-refractivity contribution >= 4 is 23.2 Å². The van der Waals surface area contributed by atoms with Gasteiger partial charge in [-0.1, -0.05) is 12.1 Å². The van der Waals surface area contributed by atoms with Crippen molar-refractivity contribution < 1.29 is 9.72 Å². The molecule has 0 aliphatic carbocycles. The molecule has 0 aliphatic heterocycles. The van der Waals surface area contributed by atoms with Crippen molar-refractivity contribution in [1.29, 1.82) is 0 Å². The first-order valence-electron chi connectivity index (χ1n) is 6.25. The molecule has 20 heavy (non-hydrogen) atoms. The summed E-state index contributed by atoms with van der Waals surface area (Å²) in [6.45, 7) is 3.06. The van der Waals surface area contributed by atoms with Crippen LogP contribution in [0.2, 0.25) is 0 Å². The Bertz CT molecular complexity index is 464. The van der Waals surface area contributed by atoms with Crippen molar-refractivity contribution in [1.82, 2.24) is 10.2 Å². The van der Waals surface area contributed by atoms with Gasteiger partial charge in [0.25, 0.3) is 5.69 Å². The number of alkyl halides is 1. The van der Waals surface area contributed by atoms with Crippen LogP contribution in [0.1, 0.15) is 18.5 Å². The number of halogens is 1. The van der Waals surface area contributed by atoms with Crippen LogP contribution in [0.15, 0.2) is 24.3 Å². The van der Waals surface area contributed by atoms with E-state index in [0.717, 1.165) is 5.56 Å². The second kappa shape index (κ2) is 7.81. The minimum absolute atomic E-state index is 0.0337. The molecule has 6 nitrogen and oxygen atoms in total. The third-order valence-electron chi connectivity index (χ3n) is 3.09. The average molecular weight is 300 g/mol. The molecule has 1 atom stereocenters. The van der Waals surface area contributed by atoms with Crippen LogP contribution < -0.4 is 5.32 Å². The first-order chi connectivity index (χ1) is 9.51. The molecule has 0 fully saturated rings. The first kappa shape index (κ1) is 16.4. The van der Waals surface area contributed by atoms with Crippen LogP contribution >= 0.6 is 11.6 Å². The number of nitro groups is 1. The number of carbonyl (C=O) groups excluding carboxylic acids is 1. The van der Waals surface area contributed by atoms with Crippen LogP contribution in [-0.2, 0) is 4.79 Å². The Kier molecular flexibility index (Phi) is 6.41. The molecule has 0 heterocycles. The third kappa shape index (κ3) is 4.18. The van der Waals surface area contributed by atoms with E-state index in [4.69, 9.17) is 11.6 Å². The number of nitrogens with zero attached hydrogens (tertiary/aromatic N) is 2. The summed E-state index contributed by atoms with van der Waals surface area (Å²) in [5, 5.41) is 13.6. The predicted molar refractivity (Wildman–Crippen MR) is 77.9 cm³/mol. The number of hydrogen-bond acceptors (Lipinski definition) is 4. The minimum Gasteiger partial charge on any atom is -0.334 e. The Morgan fingerprint density at radius 2 is 2.05 bits per heavy atom. The highest BCUT2D eigenvalue weighted by molar-refractivity contribution is 6.27. The second-order valence-electron chi connectivity index (χ2n) is 4.35. The van der Waals surface area contributed by atoms with Crippen LogP contribution in [0.5, 0.6) is 0 Å². The van der Waals surface area contributed by atoms with E-state index in [0.29, 0.717) is 13.1 Å². The molecule has 0 radical (unpaired) electrons. The summed E-state index contributed by atoms with van der Waals surface area (Å²) in [5.74, 6) is -0.242. The van der Waals surface area contributed by atoms with Crippen molar-refractivity contribution in [3.8, 4) is 0 Å². The van der Waals surface area contributed by atoms with Gasteiger partial charge in [0.1, 0.15) is 5.88 Å². The minimum atomic E-state index is -0.447. The van der Waals surface area contributed by atoms with Gasteiger partial charge in [-0.15, -0.1) is 11.6 Å². The zero-order valence-corrected chi connectivity index (χ0v) is 12.3. The van der Waals surface area contributed by atoms with E-state index in [1.807, 2.05) is 6.92 Å². The summed E-state index contributed by atoms with van der Waals surface area (Å²) >= 11 is 5.62. The quantitative estimate of drug-likeness (QED) is 0.474. The first-order valence-corrected chi connectivity index (χ1v) is 6.79. The van der Waals surface area contributed by atoms with Gasteiger partial charge in [0.05, 0.1) is 11.0 Å². The van der Waals surface area contributed by atoms with E-state index in [1.165, 1.54) is 12.1 Å². The molecular formula is C13H18ClN3O3. The zero-order chi connectivity index (χ0) is 15.1. The molecule has 0 saturated carbocycles. The van der Waals surface area contributed by atoms with Crippen LogP contribution in [0.3, 0.4) is 0 Å². The van der Waals surface area contributed by atoms with Gasteiger partial charge in [0.2, 0.25) is 5.91 Å². The monoisotopic (exact) mass is 299 g/mol. The topological polar surface area (TPSA) is 75.5 Å². The smallest absolute Gasteiger partial charge is 0.269 e. The number of benzene rings is 1. The lowest BCUT2D eigenvalue weighted by molar-refractivity contribution is -0.384. The Labute approximate surface area is 122 Å². The van der Waals surface area contributed by atoms with Crippen LogP contribution in [0.4, 0.5) is 5.69 Å². The van der Waals surface area contributed by atoms with Crippen molar-refractivity contribution in [3.63, 3.8) is 0 Å². The SMILES string of the molecule is CNCCN(C(=O)CCl)C(C)c1ccc([N+](=O)[O-])cc1. The van der Waals surface area contributed by atoms with Crippen LogP contribution in [0.25, 0.3) is 0 Å². The Balaban J connectivity index is 2.89. The van der Waals surface area contributed by atoms with E-state index in [2.05, 4.69) is 5.32 Å². The largest absolute Gasteiger partial charge is 0.334 e. The molecule has 0 saturated heterocycles. The maximum absolute atomic E-state index is 11.9. The predicted octanol–water partition coefficient (Wildman–Crippen LogP) is 1.94. The van der Waals surface area contributed by atoms with Crippen molar-refractivity contribution in [2.45, 2.75) is 13.0 Å². The number of nitro benzene ring substituents is 1. The summed E-state index contributed by atoms with van der Waals surface area (Å²) in [5.41, 5.74) is 0.872. The molecule has 1 rings (SSSR count). The Morgan fingerprint density at radius 1 is 1.45 bits per heavy atom. The van der Waals surface area contributed by atoms with Gasteiger partial charge >= 0.3 is 0 Å². The molecule has 0 aliphatic rings. The molecule has 0 bridgehead atoms. The van der Waals surface area contributed by atoms with Crippen molar-refractivity contribution in [2.24, 2.45) is 0 Å². The number of nitrogens with one attached hydrogen (secondary N) is 1. The lowest BCUT2D eigenvalue weighted by Gasteiger charge is -2.29. The molecule has 1 amide bonds. The fourth-order valence-electron chi connectivity index (χ4n) is 1.90. The number of likely N-dealkylation sites (N-methyl/N-ethyl adjacent to an activating group) is 1. The summed E-state index contributed by atoms with van der Waals surface area (Å²) in [6, 6.07) is 6.02. The highest BCUT2D eigenvalue weighted by atomic mass is 35.5. The standard InChI is InChI=1S/C13H18ClN3O3/c1-10(16(8-7-15-2)13(18)9-14)11-3-5-12(6-4-11)17(19)20/h3-6,10,15H,7-9H2,1-2H3. The molecule has 1 aromatic rings. The van der Waals surface area contributed by atoms with Crippen molar-refractivity contribution in [3.05, 3.63) is 39.9 Å². The normalized spacial score (nSPS) is 11.9. The maximum atomic E-state index is 11.9. The van der Waals surface area contributed by atoms with Crippen LogP contribution in [0, 0.1) is 10.1 Å². The fourth-order valence-corrected chi connectivity index (χ4v) is 2.05. The number of non-ortho nitro benzene ring substituents is 1. The van der Waals surface area contributed by atoms with E-state index in [9.17, 15) is 14.9 Å². The summed E-state index contributed by atoms with van der Waals surface area (Å²) in [7, 11) is 1.81. The maximum Gasteiger partial charge on any atom is 0.269 e. The number of amides is 1. The van der Waals surface area contributed by atoms with E-state index in [-0.39, 0.29) is 23.5 Å². The van der Waals surface area contributed by atoms with Crippen LogP contribution in [-0.4, -0.2) is 41.7 Å². The van der Waals surface area contributed by atoms with Crippen molar-refractivity contribution in [2.75, 3.05) is 26.0 Å². The number of rotatable bonds is 7. The molecule has 1 N–H and O–H groups in total. The van der Waals surface area contributed by atoms with Gasteiger partial charge in [0.15, 0.2) is 0 Å². The summed E-state index contributed by atoms with van der Waals surface area (Å²) < 4.78 is 0. The Hall–Kier alpha value is -1.66. The Morgan fingerprint density at radius 3 is 2.50 bits per heavy atom. The second-order valence-corrected chi connectivity index (χ2v) is 4.62. The molecule has 0 spiro atoms. The third-order valence-corrected chi connectivity index (χ3v) is 3.32. The number of carbonyl (C=O) groups is 1. The molecule has 1 unspecified atom stereocenters. The molecule has 0 aromatic heterocycles. The molecule has 110 valence electrons. The van der Waals surface area contributed by atoms with Gasteiger partial charge in [0, 0.05) is 25.2 Å². The summed E-state index contributed by atoms with van der Waals surface area (Å²) in [6.07, 6.45) is 0. The summed E-state index contributed by atoms with van der Waals surface area (Å²) in [4.78, 5) is 23.7. The van der Waals surface area contributed by atoms with Gasteiger partial charge in [-0.2, -0.15) is 0 Å².